The topological polar surface area (TPSA) is 50.8 Å². The van der Waals surface area contributed by atoms with Crippen LogP contribution >= 0.6 is 0 Å². The fourth-order valence-electron chi connectivity index (χ4n) is 2.09. The lowest BCUT2D eigenvalue weighted by Crippen LogP contribution is -2.35. The van der Waals surface area contributed by atoms with Gasteiger partial charge in [-0.15, -0.1) is 13.2 Å². The SMILES string of the molecule is CCN1C(N)=NCC1c1ccc(OC(F)(F)F)cc1. The molecule has 0 saturated heterocycles. The Bertz CT molecular complexity index is 470. The summed E-state index contributed by atoms with van der Waals surface area (Å²) < 4.78 is 40.0. The van der Waals surface area contributed by atoms with E-state index in [2.05, 4.69) is 9.73 Å². The molecule has 104 valence electrons. The molecule has 0 aliphatic carbocycles. The van der Waals surface area contributed by atoms with E-state index in [1.807, 2.05) is 11.8 Å². The second-order valence-electron chi connectivity index (χ2n) is 4.12. The van der Waals surface area contributed by atoms with E-state index in [0.29, 0.717) is 19.0 Å². The zero-order valence-corrected chi connectivity index (χ0v) is 10.3. The van der Waals surface area contributed by atoms with Crippen LogP contribution in [-0.2, 0) is 0 Å². The maximum atomic E-state index is 12.0. The van der Waals surface area contributed by atoms with Gasteiger partial charge >= 0.3 is 6.36 Å². The van der Waals surface area contributed by atoms with Gasteiger partial charge in [0, 0.05) is 6.54 Å². The molecule has 1 atom stereocenters. The number of benzene rings is 1. The molecule has 1 aromatic rings. The van der Waals surface area contributed by atoms with E-state index in [9.17, 15) is 13.2 Å². The van der Waals surface area contributed by atoms with E-state index in [0.717, 1.165) is 5.56 Å². The molecule has 1 heterocycles. The summed E-state index contributed by atoms with van der Waals surface area (Å²) in [7, 11) is 0. The number of nitrogens with two attached hydrogens (primary N) is 1. The van der Waals surface area contributed by atoms with E-state index in [1.165, 1.54) is 12.1 Å². The molecule has 1 aliphatic heterocycles. The first-order valence-corrected chi connectivity index (χ1v) is 5.83. The van der Waals surface area contributed by atoms with Crippen LogP contribution in [0.3, 0.4) is 0 Å². The monoisotopic (exact) mass is 273 g/mol. The summed E-state index contributed by atoms with van der Waals surface area (Å²) in [5, 5.41) is 0. The van der Waals surface area contributed by atoms with E-state index in [-0.39, 0.29) is 11.8 Å². The van der Waals surface area contributed by atoms with E-state index in [4.69, 9.17) is 5.73 Å². The Hall–Kier alpha value is -1.92. The molecule has 1 aliphatic rings. The van der Waals surface area contributed by atoms with Gasteiger partial charge in [-0.25, -0.2) is 0 Å². The molecule has 0 bridgehead atoms. The number of ether oxygens (including phenoxy) is 1. The third kappa shape index (κ3) is 3.10. The van der Waals surface area contributed by atoms with E-state index < -0.39 is 6.36 Å². The standard InChI is InChI=1S/C12H14F3N3O/c1-2-18-10(7-17-11(18)16)8-3-5-9(6-4-8)19-12(13,14)15/h3-6,10H,2,7H2,1H3,(H2,16,17). The molecule has 0 amide bonds. The van der Waals surface area contributed by atoms with Crippen molar-refractivity contribution in [2.75, 3.05) is 13.1 Å². The van der Waals surface area contributed by atoms with Crippen LogP contribution < -0.4 is 10.5 Å². The van der Waals surface area contributed by atoms with E-state index in [1.54, 1.807) is 12.1 Å². The van der Waals surface area contributed by atoms with Gasteiger partial charge in [0.25, 0.3) is 0 Å². The highest BCUT2D eigenvalue weighted by Crippen LogP contribution is 2.28. The highest BCUT2D eigenvalue weighted by atomic mass is 19.4. The summed E-state index contributed by atoms with van der Waals surface area (Å²) in [5.74, 6) is 0.231. The van der Waals surface area contributed by atoms with Gasteiger partial charge in [-0.1, -0.05) is 12.1 Å². The first kappa shape index (κ1) is 13.5. The minimum absolute atomic E-state index is 0.0232. The molecule has 0 radical (unpaired) electrons. The smallest absolute Gasteiger partial charge is 0.406 e. The molecule has 7 heteroatoms. The number of likely N-dealkylation sites (N-methyl/N-ethyl adjacent to an activating group) is 1. The Morgan fingerprint density at radius 2 is 2.00 bits per heavy atom. The Labute approximate surface area is 108 Å². The number of nitrogens with zero attached hydrogens (tertiary/aromatic N) is 2. The first-order chi connectivity index (χ1) is 8.90. The summed E-state index contributed by atoms with van der Waals surface area (Å²) in [5.41, 5.74) is 6.59. The molecule has 1 unspecified atom stereocenters. The Kier molecular flexibility index (Phi) is 3.55. The van der Waals surface area contributed by atoms with Crippen molar-refractivity contribution < 1.29 is 17.9 Å². The van der Waals surface area contributed by atoms with Crippen LogP contribution in [0.1, 0.15) is 18.5 Å². The molecule has 0 saturated carbocycles. The minimum atomic E-state index is -4.67. The summed E-state index contributed by atoms with van der Waals surface area (Å²) in [6.07, 6.45) is -4.67. The average Bonchev–Trinajstić information content (AvgIpc) is 2.69. The van der Waals surface area contributed by atoms with Crippen LogP contribution in [0.15, 0.2) is 29.3 Å². The van der Waals surface area contributed by atoms with Crippen LogP contribution in [0.4, 0.5) is 13.2 Å². The van der Waals surface area contributed by atoms with E-state index >= 15 is 0 Å². The molecular weight excluding hydrogens is 259 g/mol. The second-order valence-corrected chi connectivity index (χ2v) is 4.12. The van der Waals surface area contributed by atoms with Gasteiger partial charge < -0.3 is 15.4 Å². The summed E-state index contributed by atoms with van der Waals surface area (Å²) >= 11 is 0. The predicted octanol–water partition coefficient (Wildman–Crippen LogP) is 2.28. The quantitative estimate of drug-likeness (QED) is 0.919. The average molecular weight is 273 g/mol. The normalized spacial score (nSPS) is 19.5. The number of guanidine groups is 1. The Morgan fingerprint density at radius 1 is 1.37 bits per heavy atom. The summed E-state index contributed by atoms with van der Waals surface area (Å²) in [4.78, 5) is 6.04. The van der Waals surface area contributed by atoms with Gasteiger partial charge in [0.05, 0.1) is 12.6 Å². The van der Waals surface area contributed by atoms with Crippen LogP contribution in [0.5, 0.6) is 5.75 Å². The molecule has 0 aromatic heterocycles. The molecule has 2 N–H and O–H groups in total. The third-order valence-electron chi connectivity index (χ3n) is 2.94. The van der Waals surface area contributed by atoms with Crippen molar-refractivity contribution in [3.8, 4) is 5.75 Å². The first-order valence-electron chi connectivity index (χ1n) is 5.83. The number of rotatable bonds is 3. The van der Waals surface area contributed by atoms with Crippen molar-refractivity contribution >= 4 is 5.96 Å². The summed E-state index contributed by atoms with van der Waals surface area (Å²) in [6.45, 7) is 3.15. The zero-order chi connectivity index (χ0) is 14.0. The van der Waals surface area contributed by atoms with Gasteiger partial charge in [0.15, 0.2) is 5.96 Å². The predicted molar refractivity (Wildman–Crippen MR) is 64.7 cm³/mol. The van der Waals surface area contributed by atoms with Crippen molar-refractivity contribution in [1.29, 1.82) is 0 Å². The van der Waals surface area contributed by atoms with Gasteiger partial charge in [-0.2, -0.15) is 0 Å². The number of aliphatic imine (C=N–C) groups is 1. The van der Waals surface area contributed by atoms with Crippen molar-refractivity contribution in [2.45, 2.75) is 19.3 Å². The largest absolute Gasteiger partial charge is 0.573 e. The highest BCUT2D eigenvalue weighted by molar-refractivity contribution is 5.80. The molecule has 0 fully saturated rings. The lowest BCUT2D eigenvalue weighted by molar-refractivity contribution is -0.274. The molecule has 19 heavy (non-hydrogen) atoms. The van der Waals surface area contributed by atoms with Gasteiger partial charge in [-0.3, -0.25) is 4.99 Å². The minimum Gasteiger partial charge on any atom is -0.406 e. The maximum absolute atomic E-state index is 12.0. The zero-order valence-electron chi connectivity index (χ0n) is 10.3. The lowest BCUT2D eigenvalue weighted by Gasteiger charge is -2.25. The van der Waals surface area contributed by atoms with Crippen molar-refractivity contribution in [3.05, 3.63) is 29.8 Å². The Balaban J connectivity index is 2.11. The van der Waals surface area contributed by atoms with Crippen molar-refractivity contribution in [3.63, 3.8) is 0 Å². The van der Waals surface area contributed by atoms with Gasteiger partial charge in [0.1, 0.15) is 5.75 Å². The molecule has 4 nitrogen and oxygen atoms in total. The van der Waals surface area contributed by atoms with Crippen LogP contribution in [0.25, 0.3) is 0 Å². The molecule has 1 aromatic carbocycles. The van der Waals surface area contributed by atoms with Crippen LogP contribution in [0, 0.1) is 0 Å². The fourth-order valence-corrected chi connectivity index (χ4v) is 2.09. The molecule has 2 rings (SSSR count). The van der Waals surface area contributed by atoms with Crippen LogP contribution in [0.2, 0.25) is 0 Å². The summed E-state index contributed by atoms with van der Waals surface area (Å²) in [6, 6.07) is 5.77. The lowest BCUT2D eigenvalue weighted by atomic mass is 10.1. The third-order valence-corrected chi connectivity index (χ3v) is 2.94. The van der Waals surface area contributed by atoms with Crippen molar-refractivity contribution in [1.82, 2.24) is 4.90 Å². The molecule has 0 spiro atoms. The molecular formula is C12H14F3N3O. The van der Waals surface area contributed by atoms with Gasteiger partial charge in [0.2, 0.25) is 0 Å². The Morgan fingerprint density at radius 3 is 2.53 bits per heavy atom. The van der Waals surface area contributed by atoms with Gasteiger partial charge in [-0.05, 0) is 24.6 Å². The fraction of sp³-hybridized carbons (Fsp3) is 0.417. The van der Waals surface area contributed by atoms with Crippen LogP contribution in [-0.4, -0.2) is 30.3 Å². The highest BCUT2D eigenvalue weighted by Gasteiger charge is 2.31. The number of hydrogen-bond donors (Lipinski definition) is 1. The number of halogens is 3. The second kappa shape index (κ2) is 4.99. The number of alkyl halides is 3. The number of hydrogen-bond acceptors (Lipinski definition) is 4. The van der Waals surface area contributed by atoms with Crippen molar-refractivity contribution in [2.24, 2.45) is 10.7 Å². The maximum Gasteiger partial charge on any atom is 0.573 e.